The Bertz CT molecular complexity index is 1500. The maximum absolute atomic E-state index is 13.8. The Labute approximate surface area is 263 Å². The van der Waals surface area contributed by atoms with Crippen molar-refractivity contribution in [3.05, 3.63) is 85.7 Å². The molecule has 8 nitrogen and oxygen atoms in total. The molecule has 1 aromatic heterocycles. The van der Waals surface area contributed by atoms with Crippen molar-refractivity contribution in [1.82, 2.24) is 25.2 Å². The van der Waals surface area contributed by atoms with E-state index in [0.717, 1.165) is 54.1 Å². The number of rotatable bonds is 7. The lowest BCUT2D eigenvalue weighted by Crippen LogP contribution is -2.55. The van der Waals surface area contributed by atoms with Gasteiger partial charge in [0.2, 0.25) is 5.91 Å². The van der Waals surface area contributed by atoms with Crippen molar-refractivity contribution >= 4 is 35.0 Å². The van der Waals surface area contributed by atoms with Gasteiger partial charge in [0, 0.05) is 55.9 Å². The van der Waals surface area contributed by atoms with Crippen molar-refractivity contribution in [2.24, 2.45) is 5.92 Å². The van der Waals surface area contributed by atoms with Crippen LogP contribution in [0.1, 0.15) is 62.9 Å². The second-order valence-electron chi connectivity index (χ2n) is 12.5. The van der Waals surface area contributed by atoms with Crippen LogP contribution in [0.5, 0.6) is 0 Å². The third-order valence-electron chi connectivity index (χ3n) is 9.50. The molecule has 2 amide bonds. The molecule has 2 saturated heterocycles. The zero-order chi connectivity index (χ0) is 30.4. The molecule has 10 heteroatoms. The van der Waals surface area contributed by atoms with E-state index in [4.69, 9.17) is 27.7 Å². The molecule has 2 aliphatic heterocycles. The number of aromatic nitrogens is 1. The molecule has 4 atom stereocenters. The third kappa shape index (κ3) is 6.21. The van der Waals surface area contributed by atoms with Crippen molar-refractivity contribution in [3.63, 3.8) is 0 Å². The standard InChI is InChI=1S/C33H39Cl2N5O3/c1-19-9-20(2)11-24(10-19)33(42)38-7-8-40(31(18-38)23-5-6-28(34)29(35)13-23)32(41)15-36-30-14-26-12-25(30)16-39(26)17-27-21(3)37-43-22(27)4/h5-6,9-11,13,25-26,30-31,36H,7-8,12,14-18H2,1-4H3/t25?,26?,30-,31-/m0/s1. The third-order valence-corrected chi connectivity index (χ3v) is 10.2. The monoisotopic (exact) mass is 623 g/mol. The van der Waals surface area contributed by atoms with E-state index in [1.807, 2.05) is 61.8 Å². The molecule has 3 fully saturated rings. The SMILES string of the molecule is Cc1cc(C)cc(C(=O)N2CCN(C(=O)CN[C@H]3CC4CC3CN4Cc3c(C)noc3C)[C@H](c3ccc(Cl)c(Cl)c3)C2)c1. The Morgan fingerprint density at radius 2 is 1.74 bits per heavy atom. The van der Waals surface area contributed by atoms with Gasteiger partial charge >= 0.3 is 0 Å². The van der Waals surface area contributed by atoms with Gasteiger partial charge in [-0.25, -0.2) is 0 Å². The number of fused-ring (bicyclic) bond motifs is 2. The number of likely N-dealkylation sites (tertiary alicyclic amines) is 1. The number of nitrogens with one attached hydrogen (secondary N) is 1. The highest BCUT2D eigenvalue weighted by atomic mass is 35.5. The second-order valence-corrected chi connectivity index (χ2v) is 13.3. The van der Waals surface area contributed by atoms with Gasteiger partial charge in [0.1, 0.15) is 5.76 Å². The van der Waals surface area contributed by atoms with Gasteiger partial charge in [0.15, 0.2) is 0 Å². The smallest absolute Gasteiger partial charge is 0.254 e. The number of piperidine rings is 1. The molecule has 1 aliphatic carbocycles. The fourth-order valence-corrected chi connectivity index (χ4v) is 7.60. The fraction of sp³-hybridized carbons (Fsp3) is 0.485. The average Bonchev–Trinajstić information content (AvgIpc) is 3.67. The molecule has 2 bridgehead atoms. The van der Waals surface area contributed by atoms with E-state index < -0.39 is 0 Å². The van der Waals surface area contributed by atoms with Crippen molar-refractivity contribution in [2.75, 3.05) is 32.7 Å². The Morgan fingerprint density at radius 3 is 2.40 bits per heavy atom. The van der Waals surface area contributed by atoms with E-state index in [0.29, 0.717) is 53.2 Å². The normalized spacial score (nSPS) is 23.8. The predicted octanol–water partition coefficient (Wildman–Crippen LogP) is 5.49. The zero-order valence-electron chi connectivity index (χ0n) is 25.2. The number of hydrogen-bond acceptors (Lipinski definition) is 6. The number of aryl methyl sites for hydroxylation is 4. The first-order valence-corrected chi connectivity index (χ1v) is 15.8. The highest BCUT2D eigenvalue weighted by Gasteiger charge is 2.45. The molecule has 1 saturated carbocycles. The lowest BCUT2D eigenvalue weighted by molar-refractivity contribution is -0.135. The van der Waals surface area contributed by atoms with Gasteiger partial charge in [-0.05, 0) is 76.3 Å². The molecule has 6 rings (SSSR count). The number of halogens is 2. The first kappa shape index (κ1) is 30.1. The number of carbonyl (C=O) groups excluding carboxylic acids is 2. The minimum Gasteiger partial charge on any atom is -0.361 e. The van der Waals surface area contributed by atoms with Crippen LogP contribution >= 0.6 is 23.2 Å². The molecule has 43 heavy (non-hydrogen) atoms. The maximum Gasteiger partial charge on any atom is 0.254 e. The summed E-state index contributed by atoms with van der Waals surface area (Å²) in [5.41, 5.74) is 5.80. The summed E-state index contributed by atoms with van der Waals surface area (Å²) >= 11 is 12.6. The van der Waals surface area contributed by atoms with Crippen LogP contribution in [0.25, 0.3) is 0 Å². The molecule has 0 radical (unpaired) electrons. The van der Waals surface area contributed by atoms with Crippen molar-refractivity contribution in [1.29, 1.82) is 0 Å². The molecule has 228 valence electrons. The minimum atomic E-state index is -0.321. The summed E-state index contributed by atoms with van der Waals surface area (Å²) < 4.78 is 5.37. The maximum atomic E-state index is 13.8. The van der Waals surface area contributed by atoms with Crippen LogP contribution in [0.3, 0.4) is 0 Å². The van der Waals surface area contributed by atoms with Crippen LogP contribution in [-0.2, 0) is 11.3 Å². The van der Waals surface area contributed by atoms with Gasteiger partial charge in [-0.2, -0.15) is 0 Å². The van der Waals surface area contributed by atoms with Gasteiger partial charge in [-0.1, -0.05) is 51.6 Å². The van der Waals surface area contributed by atoms with Crippen molar-refractivity contribution in [2.45, 2.75) is 65.2 Å². The molecule has 1 N–H and O–H groups in total. The Balaban J connectivity index is 1.12. The average molecular weight is 625 g/mol. The molecular weight excluding hydrogens is 585 g/mol. The number of nitrogens with zero attached hydrogens (tertiary/aromatic N) is 4. The van der Waals surface area contributed by atoms with Gasteiger partial charge < -0.3 is 19.6 Å². The van der Waals surface area contributed by atoms with Crippen molar-refractivity contribution in [3.8, 4) is 0 Å². The lowest BCUT2D eigenvalue weighted by Gasteiger charge is -2.42. The summed E-state index contributed by atoms with van der Waals surface area (Å²) in [6, 6.07) is 11.9. The molecule has 0 spiro atoms. The van der Waals surface area contributed by atoms with Crippen LogP contribution in [-0.4, -0.2) is 76.5 Å². The van der Waals surface area contributed by atoms with Crippen LogP contribution in [0.4, 0.5) is 0 Å². The largest absolute Gasteiger partial charge is 0.361 e. The van der Waals surface area contributed by atoms with Crippen LogP contribution < -0.4 is 5.32 Å². The number of piperazine rings is 1. The highest BCUT2D eigenvalue weighted by molar-refractivity contribution is 6.42. The Hall–Kier alpha value is -2.91. The van der Waals surface area contributed by atoms with E-state index in [2.05, 4.69) is 21.4 Å². The second kappa shape index (κ2) is 12.2. The molecule has 3 heterocycles. The quantitative estimate of drug-likeness (QED) is 0.375. The molecule has 2 aromatic carbocycles. The molecular formula is C33H39Cl2N5O3. The number of hydrogen-bond donors (Lipinski definition) is 1. The summed E-state index contributed by atoms with van der Waals surface area (Å²) in [6.45, 7) is 11.4. The van der Waals surface area contributed by atoms with Gasteiger partial charge in [0.25, 0.3) is 5.91 Å². The van der Waals surface area contributed by atoms with Crippen LogP contribution in [0.15, 0.2) is 40.9 Å². The predicted molar refractivity (Wildman–Crippen MR) is 167 cm³/mol. The van der Waals surface area contributed by atoms with Gasteiger partial charge in [-0.15, -0.1) is 0 Å². The summed E-state index contributed by atoms with van der Waals surface area (Å²) in [4.78, 5) is 33.6. The van der Waals surface area contributed by atoms with Gasteiger partial charge in [0.05, 0.1) is 28.3 Å². The first-order chi connectivity index (χ1) is 20.6. The topological polar surface area (TPSA) is 81.9 Å². The summed E-state index contributed by atoms with van der Waals surface area (Å²) in [7, 11) is 0. The van der Waals surface area contributed by atoms with Gasteiger partial charge in [-0.3, -0.25) is 14.5 Å². The summed E-state index contributed by atoms with van der Waals surface area (Å²) in [5, 5.41) is 8.61. The van der Waals surface area contributed by atoms with E-state index in [-0.39, 0.29) is 24.4 Å². The lowest BCUT2D eigenvalue weighted by atomic mass is 10.00. The Kier molecular flexibility index (Phi) is 8.57. The summed E-state index contributed by atoms with van der Waals surface area (Å²) in [5.74, 6) is 1.42. The molecule has 3 aliphatic rings. The van der Waals surface area contributed by atoms with E-state index >= 15 is 0 Å². The number of carbonyl (C=O) groups is 2. The van der Waals surface area contributed by atoms with E-state index in [1.165, 1.54) is 5.56 Å². The minimum absolute atomic E-state index is 0.0230. The van der Waals surface area contributed by atoms with E-state index in [1.54, 1.807) is 6.07 Å². The summed E-state index contributed by atoms with van der Waals surface area (Å²) in [6.07, 6.45) is 2.16. The molecule has 2 unspecified atom stereocenters. The highest BCUT2D eigenvalue weighted by Crippen LogP contribution is 2.39. The fourth-order valence-electron chi connectivity index (χ4n) is 7.29. The zero-order valence-corrected chi connectivity index (χ0v) is 26.7. The Morgan fingerprint density at radius 1 is 0.977 bits per heavy atom. The van der Waals surface area contributed by atoms with Crippen LogP contribution in [0.2, 0.25) is 10.0 Å². The van der Waals surface area contributed by atoms with Crippen LogP contribution in [0, 0.1) is 33.6 Å². The first-order valence-electron chi connectivity index (χ1n) is 15.1. The van der Waals surface area contributed by atoms with Crippen molar-refractivity contribution < 1.29 is 14.1 Å². The van der Waals surface area contributed by atoms with E-state index in [9.17, 15) is 9.59 Å². The molecule has 3 aromatic rings. The number of amides is 2. The number of benzene rings is 2.